The molecule has 0 amide bonds. The van der Waals surface area contributed by atoms with Gasteiger partial charge in [0.1, 0.15) is 6.67 Å². The standard InChI is InChI=1S/C18H20FNO2S/c1-4-9-17(5-2)13-12-16(3)20(15-14-19)23(21,22)18-10-7-6-8-11-18/h5-8,10-13H,2,14-15H2,1,3H3/b16-12+,17-13+. The van der Waals surface area contributed by atoms with E-state index < -0.39 is 16.7 Å². The van der Waals surface area contributed by atoms with E-state index in [1.807, 2.05) is 0 Å². The van der Waals surface area contributed by atoms with E-state index in [4.69, 9.17) is 0 Å². The Hall–Kier alpha value is -2.32. The van der Waals surface area contributed by atoms with Crippen LogP contribution in [0.3, 0.4) is 0 Å². The first-order valence-corrected chi connectivity index (χ1v) is 8.49. The van der Waals surface area contributed by atoms with E-state index in [2.05, 4.69) is 18.4 Å². The summed E-state index contributed by atoms with van der Waals surface area (Å²) in [6.45, 7) is 5.95. The Balaban J connectivity index is 3.24. The van der Waals surface area contributed by atoms with Crippen molar-refractivity contribution in [1.82, 2.24) is 4.31 Å². The average molecular weight is 333 g/mol. The van der Waals surface area contributed by atoms with Gasteiger partial charge >= 0.3 is 0 Å². The topological polar surface area (TPSA) is 37.4 Å². The number of hydrogen-bond donors (Lipinski definition) is 0. The average Bonchev–Trinajstić information content (AvgIpc) is 2.56. The van der Waals surface area contributed by atoms with Crippen LogP contribution in [-0.4, -0.2) is 25.9 Å². The van der Waals surface area contributed by atoms with Crippen LogP contribution < -0.4 is 0 Å². The molecule has 1 aromatic carbocycles. The quantitative estimate of drug-likeness (QED) is 0.564. The molecule has 0 aliphatic rings. The van der Waals surface area contributed by atoms with E-state index in [9.17, 15) is 12.8 Å². The largest absolute Gasteiger partial charge is 0.268 e. The highest BCUT2D eigenvalue weighted by molar-refractivity contribution is 7.89. The van der Waals surface area contributed by atoms with Crippen LogP contribution in [0, 0.1) is 11.8 Å². The molecular weight excluding hydrogens is 313 g/mol. The van der Waals surface area contributed by atoms with E-state index in [1.165, 1.54) is 12.1 Å². The molecule has 122 valence electrons. The van der Waals surface area contributed by atoms with E-state index in [1.54, 1.807) is 50.3 Å². The molecule has 0 saturated carbocycles. The van der Waals surface area contributed by atoms with Crippen LogP contribution in [0.25, 0.3) is 0 Å². The second kappa shape index (κ2) is 8.96. The lowest BCUT2D eigenvalue weighted by atomic mass is 10.2. The maximum absolute atomic E-state index is 12.8. The third-order valence-electron chi connectivity index (χ3n) is 3.01. The van der Waals surface area contributed by atoms with Gasteiger partial charge in [-0.15, -0.1) is 5.92 Å². The lowest BCUT2D eigenvalue weighted by molar-refractivity contribution is 0.398. The molecule has 3 nitrogen and oxygen atoms in total. The first-order chi connectivity index (χ1) is 11.0. The lowest BCUT2D eigenvalue weighted by Crippen LogP contribution is -2.31. The summed E-state index contributed by atoms with van der Waals surface area (Å²) >= 11 is 0. The summed E-state index contributed by atoms with van der Waals surface area (Å²) in [5.41, 5.74) is 1.06. The van der Waals surface area contributed by atoms with Gasteiger partial charge in [0.15, 0.2) is 0 Å². The Bertz CT molecular complexity index is 753. The Morgan fingerprint density at radius 2 is 1.96 bits per heavy atom. The number of halogens is 1. The zero-order valence-corrected chi connectivity index (χ0v) is 14.1. The maximum Gasteiger partial charge on any atom is 0.264 e. The van der Waals surface area contributed by atoms with Crippen LogP contribution >= 0.6 is 0 Å². The van der Waals surface area contributed by atoms with Crippen LogP contribution in [0.4, 0.5) is 4.39 Å². The van der Waals surface area contributed by atoms with Gasteiger partial charge in [-0.2, -0.15) is 0 Å². The van der Waals surface area contributed by atoms with Gasteiger partial charge in [-0.1, -0.05) is 36.8 Å². The first-order valence-electron chi connectivity index (χ1n) is 7.05. The van der Waals surface area contributed by atoms with Crippen molar-refractivity contribution in [1.29, 1.82) is 0 Å². The number of sulfonamides is 1. The highest BCUT2D eigenvalue weighted by atomic mass is 32.2. The molecule has 23 heavy (non-hydrogen) atoms. The molecule has 1 aromatic rings. The van der Waals surface area contributed by atoms with Crippen LogP contribution in [0.15, 0.2) is 71.3 Å². The van der Waals surface area contributed by atoms with Crippen molar-refractivity contribution in [2.75, 3.05) is 13.2 Å². The maximum atomic E-state index is 12.8. The van der Waals surface area contributed by atoms with Crippen molar-refractivity contribution in [3.8, 4) is 11.8 Å². The Kier molecular flexibility index (Phi) is 7.30. The minimum Gasteiger partial charge on any atom is -0.268 e. The highest BCUT2D eigenvalue weighted by Gasteiger charge is 2.23. The number of allylic oxidation sites excluding steroid dienone is 5. The summed E-state index contributed by atoms with van der Waals surface area (Å²) in [4.78, 5) is 0.127. The van der Waals surface area contributed by atoms with E-state index in [-0.39, 0.29) is 11.4 Å². The van der Waals surface area contributed by atoms with Crippen molar-refractivity contribution < 1.29 is 12.8 Å². The fourth-order valence-corrected chi connectivity index (χ4v) is 3.39. The van der Waals surface area contributed by atoms with Gasteiger partial charge in [-0.05, 0) is 38.1 Å². The fourth-order valence-electron chi connectivity index (χ4n) is 1.88. The van der Waals surface area contributed by atoms with Gasteiger partial charge in [0.2, 0.25) is 0 Å². The molecule has 1 rings (SSSR count). The third kappa shape index (κ3) is 5.11. The van der Waals surface area contributed by atoms with Crippen LogP contribution in [0.5, 0.6) is 0 Å². The van der Waals surface area contributed by atoms with Crippen LogP contribution in [0.2, 0.25) is 0 Å². The van der Waals surface area contributed by atoms with Gasteiger partial charge in [-0.25, -0.2) is 12.8 Å². The van der Waals surface area contributed by atoms with E-state index in [0.29, 0.717) is 11.3 Å². The first kappa shape index (κ1) is 18.7. The molecule has 0 saturated heterocycles. The predicted molar refractivity (Wildman–Crippen MR) is 91.8 cm³/mol. The molecule has 0 spiro atoms. The Morgan fingerprint density at radius 3 is 2.48 bits per heavy atom. The van der Waals surface area contributed by atoms with Gasteiger partial charge in [-0.3, -0.25) is 4.31 Å². The molecule has 0 fully saturated rings. The minimum absolute atomic E-state index is 0.127. The second-order valence-corrected chi connectivity index (χ2v) is 6.45. The Labute approximate surface area is 137 Å². The molecule has 0 aromatic heterocycles. The SMILES string of the molecule is C=C/C(C#CC)=C\C=C(/C)N(CCF)S(=O)(=O)c1ccccc1. The van der Waals surface area contributed by atoms with E-state index in [0.717, 1.165) is 4.31 Å². The van der Waals surface area contributed by atoms with Crippen molar-refractivity contribution in [3.05, 3.63) is 66.4 Å². The number of alkyl halides is 1. The molecule has 0 bridgehead atoms. The van der Waals surface area contributed by atoms with Crippen molar-refractivity contribution in [2.45, 2.75) is 18.7 Å². The molecule has 0 N–H and O–H groups in total. The molecule has 0 radical (unpaired) electrons. The smallest absolute Gasteiger partial charge is 0.264 e. The number of benzene rings is 1. The lowest BCUT2D eigenvalue weighted by Gasteiger charge is -2.23. The molecule has 0 unspecified atom stereocenters. The fraction of sp³-hybridized carbons (Fsp3) is 0.222. The molecule has 0 aliphatic carbocycles. The summed E-state index contributed by atoms with van der Waals surface area (Å²) in [5, 5.41) is 0. The summed E-state index contributed by atoms with van der Waals surface area (Å²) in [6.07, 6.45) is 4.83. The zero-order chi connectivity index (χ0) is 17.3. The van der Waals surface area contributed by atoms with Gasteiger partial charge in [0.05, 0.1) is 11.4 Å². The van der Waals surface area contributed by atoms with Crippen LogP contribution in [-0.2, 0) is 10.0 Å². The summed E-state index contributed by atoms with van der Waals surface area (Å²) in [6, 6.07) is 7.96. The summed E-state index contributed by atoms with van der Waals surface area (Å²) < 4.78 is 39.2. The zero-order valence-electron chi connectivity index (χ0n) is 13.3. The normalized spacial score (nSPS) is 12.3. The van der Waals surface area contributed by atoms with Crippen molar-refractivity contribution in [3.63, 3.8) is 0 Å². The van der Waals surface area contributed by atoms with E-state index >= 15 is 0 Å². The third-order valence-corrected chi connectivity index (χ3v) is 4.92. The number of rotatable bonds is 7. The number of nitrogens with zero attached hydrogens (tertiary/aromatic N) is 1. The monoisotopic (exact) mass is 333 g/mol. The van der Waals surface area contributed by atoms with Gasteiger partial charge in [0, 0.05) is 11.3 Å². The predicted octanol–water partition coefficient (Wildman–Crippen LogP) is 3.69. The molecule has 5 heteroatoms. The summed E-state index contributed by atoms with van der Waals surface area (Å²) in [5.74, 6) is 5.58. The molecular formula is C18H20FNO2S. The Morgan fingerprint density at radius 1 is 1.30 bits per heavy atom. The molecule has 0 heterocycles. The van der Waals surface area contributed by atoms with Crippen molar-refractivity contribution >= 4 is 10.0 Å². The summed E-state index contributed by atoms with van der Waals surface area (Å²) in [7, 11) is -3.80. The van der Waals surface area contributed by atoms with Gasteiger partial charge < -0.3 is 0 Å². The number of hydrogen-bond acceptors (Lipinski definition) is 2. The highest BCUT2D eigenvalue weighted by Crippen LogP contribution is 2.20. The van der Waals surface area contributed by atoms with Crippen LogP contribution in [0.1, 0.15) is 13.8 Å². The molecule has 0 atom stereocenters. The second-order valence-electron chi connectivity index (χ2n) is 4.59. The molecule has 0 aliphatic heterocycles. The van der Waals surface area contributed by atoms with Gasteiger partial charge in [0.25, 0.3) is 10.0 Å². The van der Waals surface area contributed by atoms with Crippen molar-refractivity contribution in [2.24, 2.45) is 0 Å². The minimum atomic E-state index is -3.80.